The highest BCUT2D eigenvalue weighted by atomic mass is 32.2. The number of carbonyl (C=O) groups is 1. The molecule has 0 saturated carbocycles. The van der Waals surface area contributed by atoms with Crippen LogP contribution in [0.5, 0.6) is 0 Å². The van der Waals surface area contributed by atoms with E-state index in [9.17, 15) is 13.2 Å². The quantitative estimate of drug-likeness (QED) is 0.564. The summed E-state index contributed by atoms with van der Waals surface area (Å²) in [5.41, 5.74) is 5.45. The van der Waals surface area contributed by atoms with Gasteiger partial charge in [-0.3, -0.25) is 0 Å². The number of ether oxygens (including phenoxy) is 1. The van der Waals surface area contributed by atoms with E-state index in [0.29, 0.717) is 6.54 Å². The second-order valence-corrected chi connectivity index (χ2v) is 5.41. The van der Waals surface area contributed by atoms with E-state index in [-0.39, 0.29) is 19.1 Å². The largest absolute Gasteiger partial charge is 0.449 e. The zero-order chi connectivity index (χ0) is 14.0. The number of rotatable bonds is 9. The van der Waals surface area contributed by atoms with Crippen molar-refractivity contribution in [1.29, 1.82) is 0 Å². The summed E-state index contributed by atoms with van der Waals surface area (Å²) in [6.45, 7) is 4.51. The van der Waals surface area contributed by atoms with Crippen molar-refractivity contribution < 1.29 is 17.9 Å². The molecule has 18 heavy (non-hydrogen) atoms. The molecular formula is C10H23N3O4S. The van der Waals surface area contributed by atoms with Gasteiger partial charge in [0.05, 0.1) is 6.61 Å². The first kappa shape index (κ1) is 17.1. The molecule has 0 heterocycles. The molecule has 0 rings (SSSR count). The summed E-state index contributed by atoms with van der Waals surface area (Å²) >= 11 is 0. The molecule has 0 saturated heterocycles. The van der Waals surface area contributed by atoms with Gasteiger partial charge in [-0.15, -0.1) is 0 Å². The number of hydrogen-bond acceptors (Lipinski definition) is 5. The minimum atomic E-state index is -3.85. The summed E-state index contributed by atoms with van der Waals surface area (Å²) in [5.74, 6) is 0.179. The van der Waals surface area contributed by atoms with Crippen molar-refractivity contribution in [3.63, 3.8) is 0 Å². The van der Waals surface area contributed by atoms with E-state index in [1.54, 1.807) is 11.6 Å². The van der Waals surface area contributed by atoms with Crippen LogP contribution in [-0.2, 0) is 14.9 Å². The first-order chi connectivity index (χ1) is 8.45. The topological polar surface area (TPSA) is 111 Å². The third-order valence-electron chi connectivity index (χ3n) is 2.33. The molecule has 0 aromatic heterocycles. The van der Waals surface area contributed by atoms with Gasteiger partial charge < -0.3 is 10.5 Å². The van der Waals surface area contributed by atoms with E-state index in [0.717, 1.165) is 19.3 Å². The maximum Gasteiger partial charge on any atom is 0.421 e. The first-order valence-electron chi connectivity index (χ1n) is 6.09. The van der Waals surface area contributed by atoms with Crippen LogP contribution >= 0.6 is 0 Å². The summed E-state index contributed by atoms with van der Waals surface area (Å²) in [7, 11) is -3.85. The lowest BCUT2D eigenvalue weighted by Crippen LogP contribution is -2.42. The fraction of sp³-hybridized carbons (Fsp3) is 0.900. The van der Waals surface area contributed by atoms with Gasteiger partial charge in [0, 0.05) is 6.54 Å². The Labute approximate surface area is 109 Å². The van der Waals surface area contributed by atoms with Crippen LogP contribution in [0.2, 0.25) is 0 Å². The van der Waals surface area contributed by atoms with Crippen molar-refractivity contribution in [2.24, 2.45) is 11.7 Å². The van der Waals surface area contributed by atoms with Crippen molar-refractivity contribution >= 4 is 16.3 Å². The van der Waals surface area contributed by atoms with Crippen molar-refractivity contribution in [2.75, 3.05) is 19.7 Å². The average molecular weight is 281 g/mol. The van der Waals surface area contributed by atoms with E-state index in [1.807, 2.05) is 6.92 Å². The minimum absolute atomic E-state index is 0.118. The molecule has 7 nitrogen and oxygen atoms in total. The van der Waals surface area contributed by atoms with Gasteiger partial charge in [-0.1, -0.05) is 13.3 Å². The van der Waals surface area contributed by atoms with Crippen LogP contribution in [0, 0.1) is 5.92 Å². The zero-order valence-electron chi connectivity index (χ0n) is 10.9. The Morgan fingerprint density at radius 3 is 2.50 bits per heavy atom. The van der Waals surface area contributed by atoms with Crippen LogP contribution in [-0.4, -0.2) is 34.2 Å². The summed E-state index contributed by atoms with van der Waals surface area (Å²) in [6.07, 6.45) is 1.61. The molecule has 0 aliphatic rings. The molecule has 0 aliphatic carbocycles. The second kappa shape index (κ2) is 9.12. The maximum atomic E-state index is 11.5. The highest BCUT2D eigenvalue weighted by molar-refractivity contribution is 7.88. The van der Waals surface area contributed by atoms with Crippen LogP contribution in [0.1, 0.15) is 33.1 Å². The second-order valence-electron chi connectivity index (χ2n) is 3.91. The van der Waals surface area contributed by atoms with Gasteiger partial charge >= 0.3 is 16.3 Å². The summed E-state index contributed by atoms with van der Waals surface area (Å²) in [6, 6.07) is 0. The maximum absolute atomic E-state index is 11.5. The molecule has 1 atom stereocenters. The molecule has 0 aliphatic heterocycles. The van der Waals surface area contributed by atoms with Crippen molar-refractivity contribution in [3.05, 3.63) is 0 Å². The lowest BCUT2D eigenvalue weighted by molar-refractivity contribution is 0.158. The number of hydrogen-bond donors (Lipinski definition) is 3. The highest BCUT2D eigenvalue weighted by Gasteiger charge is 2.16. The summed E-state index contributed by atoms with van der Waals surface area (Å²) in [5, 5.41) is 0. The summed E-state index contributed by atoms with van der Waals surface area (Å²) in [4.78, 5) is 11.0. The van der Waals surface area contributed by atoms with E-state index < -0.39 is 16.3 Å². The van der Waals surface area contributed by atoms with Gasteiger partial charge in [0.2, 0.25) is 0 Å². The van der Waals surface area contributed by atoms with Crippen molar-refractivity contribution in [2.45, 2.75) is 33.1 Å². The molecule has 4 N–H and O–H groups in total. The summed E-state index contributed by atoms with van der Waals surface area (Å²) < 4.78 is 31.5. The number of carbonyl (C=O) groups excluding carboxylic acids is 1. The molecule has 8 heteroatoms. The van der Waals surface area contributed by atoms with Gasteiger partial charge in [-0.25, -0.2) is 9.52 Å². The SMILES string of the molecule is CCCC(CCN)CNS(=O)(=O)NC(=O)OCC. The van der Waals surface area contributed by atoms with E-state index >= 15 is 0 Å². The zero-order valence-corrected chi connectivity index (χ0v) is 11.8. The Hall–Kier alpha value is -0.860. The molecular weight excluding hydrogens is 258 g/mol. The van der Waals surface area contributed by atoms with Crippen LogP contribution in [0.15, 0.2) is 0 Å². The van der Waals surface area contributed by atoms with Crippen molar-refractivity contribution in [3.8, 4) is 0 Å². The Bertz CT molecular complexity index is 326. The normalized spacial score (nSPS) is 13.1. The predicted octanol–water partition coefficient (Wildman–Crippen LogP) is 0.332. The van der Waals surface area contributed by atoms with Crippen LogP contribution in [0.4, 0.5) is 4.79 Å². The molecule has 0 fully saturated rings. The number of nitrogens with one attached hydrogen (secondary N) is 2. The standard InChI is InChI=1S/C10H23N3O4S/c1-3-5-9(6-7-11)8-12-18(15,16)13-10(14)17-4-2/h9,12H,3-8,11H2,1-2H3,(H,13,14). The average Bonchev–Trinajstić information content (AvgIpc) is 2.26. The Kier molecular flexibility index (Phi) is 8.69. The number of amides is 1. The predicted molar refractivity (Wildman–Crippen MR) is 69.1 cm³/mol. The van der Waals surface area contributed by atoms with Crippen LogP contribution in [0.25, 0.3) is 0 Å². The lowest BCUT2D eigenvalue weighted by atomic mass is 10.0. The monoisotopic (exact) mass is 281 g/mol. The van der Waals surface area contributed by atoms with Crippen LogP contribution < -0.4 is 15.2 Å². The van der Waals surface area contributed by atoms with Crippen LogP contribution in [0.3, 0.4) is 0 Å². The lowest BCUT2D eigenvalue weighted by Gasteiger charge is -2.16. The minimum Gasteiger partial charge on any atom is -0.449 e. The number of nitrogens with two attached hydrogens (primary N) is 1. The Morgan fingerprint density at radius 1 is 1.33 bits per heavy atom. The van der Waals surface area contributed by atoms with E-state index in [4.69, 9.17) is 5.73 Å². The Balaban J connectivity index is 4.18. The van der Waals surface area contributed by atoms with E-state index in [1.165, 1.54) is 0 Å². The van der Waals surface area contributed by atoms with Gasteiger partial charge in [0.1, 0.15) is 0 Å². The molecule has 1 amide bonds. The smallest absolute Gasteiger partial charge is 0.421 e. The fourth-order valence-corrected chi connectivity index (χ4v) is 2.33. The third kappa shape index (κ3) is 8.26. The molecule has 0 aromatic carbocycles. The molecule has 0 spiro atoms. The molecule has 0 bridgehead atoms. The molecule has 108 valence electrons. The third-order valence-corrected chi connectivity index (χ3v) is 3.31. The van der Waals surface area contributed by atoms with Gasteiger partial charge in [-0.05, 0) is 32.2 Å². The van der Waals surface area contributed by atoms with Gasteiger partial charge in [0.25, 0.3) is 0 Å². The molecule has 0 aromatic rings. The first-order valence-corrected chi connectivity index (χ1v) is 7.57. The van der Waals surface area contributed by atoms with Gasteiger partial charge in [0.15, 0.2) is 0 Å². The molecule has 1 unspecified atom stereocenters. The highest BCUT2D eigenvalue weighted by Crippen LogP contribution is 2.09. The van der Waals surface area contributed by atoms with Gasteiger partial charge in [-0.2, -0.15) is 13.1 Å². The van der Waals surface area contributed by atoms with Crippen molar-refractivity contribution in [1.82, 2.24) is 9.44 Å². The Morgan fingerprint density at radius 2 is 2.00 bits per heavy atom. The fourth-order valence-electron chi connectivity index (χ4n) is 1.53. The molecule has 0 radical (unpaired) electrons. The van der Waals surface area contributed by atoms with E-state index in [2.05, 4.69) is 9.46 Å².